The van der Waals surface area contributed by atoms with Gasteiger partial charge in [-0.1, -0.05) is 25.1 Å². The maximum Gasteiger partial charge on any atom is 0.317 e. The molecule has 0 amide bonds. The van der Waals surface area contributed by atoms with Gasteiger partial charge in [0.25, 0.3) is 0 Å². The third-order valence-electron chi connectivity index (χ3n) is 3.41. The number of nitrogens with two attached hydrogens (primary N) is 1. The summed E-state index contributed by atoms with van der Waals surface area (Å²) < 4.78 is 19.2. The van der Waals surface area contributed by atoms with Crippen LogP contribution in [0, 0.1) is 11.7 Å². The summed E-state index contributed by atoms with van der Waals surface area (Å²) in [6, 6.07) is 6.05. The molecule has 112 valence electrons. The molecule has 0 aliphatic heterocycles. The van der Waals surface area contributed by atoms with Gasteiger partial charge in [-0.05, 0) is 25.3 Å². The number of hydrogen-bond donors (Lipinski definition) is 2. The second kappa shape index (κ2) is 7.36. The summed E-state index contributed by atoms with van der Waals surface area (Å²) in [6.45, 7) is 3.50. The first kappa shape index (κ1) is 16.6. The van der Waals surface area contributed by atoms with Gasteiger partial charge in [0.15, 0.2) is 0 Å². The average Bonchev–Trinajstić information content (AvgIpc) is 2.45. The normalized spacial score (nSPS) is 15.4. The molecule has 0 aliphatic carbocycles. The van der Waals surface area contributed by atoms with Gasteiger partial charge < -0.3 is 15.6 Å². The number of hydrogen-bond acceptors (Lipinski definition) is 4. The number of aliphatic hydroxyl groups excluding tert-OH is 1. The van der Waals surface area contributed by atoms with E-state index in [1.807, 2.05) is 0 Å². The number of esters is 1. The van der Waals surface area contributed by atoms with Crippen molar-refractivity contribution in [3.63, 3.8) is 0 Å². The van der Waals surface area contributed by atoms with Gasteiger partial charge in [-0.2, -0.15) is 0 Å². The van der Waals surface area contributed by atoms with E-state index in [9.17, 15) is 14.3 Å². The maximum atomic E-state index is 14.1. The van der Waals surface area contributed by atoms with Gasteiger partial charge in [0.2, 0.25) is 0 Å². The van der Waals surface area contributed by atoms with Gasteiger partial charge in [-0.25, -0.2) is 4.39 Å². The molecule has 5 heteroatoms. The minimum absolute atomic E-state index is 0.0723. The lowest BCUT2D eigenvalue weighted by molar-refractivity contribution is -0.150. The molecule has 0 radical (unpaired) electrons. The van der Waals surface area contributed by atoms with Crippen molar-refractivity contribution >= 4 is 5.97 Å². The predicted octanol–water partition coefficient (Wildman–Crippen LogP) is 1.60. The van der Waals surface area contributed by atoms with Crippen molar-refractivity contribution in [2.75, 3.05) is 19.8 Å². The fourth-order valence-corrected chi connectivity index (χ4v) is 2.36. The summed E-state index contributed by atoms with van der Waals surface area (Å²) in [4.78, 5) is 12.3. The molecular formula is C15H22FNO3. The smallest absolute Gasteiger partial charge is 0.317 e. The third kappa shape index (κ3) is 3.35. The fraction of sp³-hybridized carbons (Fsp3) is 0.533. The Morgan fingerprint density at radius 2 is 2.15 bits per heavy atom. The second-order valence-corrected chi connectivity index (χ2v) is 4.98. The molecule has 0 spiro atoms. The maximum absolute atomic E-state index is 14.1. The van der Waals surface area contributed by atoms with E-state index in [1.54, 1.807) is 32.0 Å². The lowest BCUT2D eigenvalue weighted by Gasteiger charge is -2.32. The van der Waals surface area contributed by atoms with Gasteiger partial charge in [0, 0.05) is 18.7 Å². The van der Waals surface area contributed by atoms with Gasteiger partial charge >= 0.3 is 5.97 Å². The van der Waals surface area contributed by atoms with Gasteiger partial charge in [0.1, 0.15) is 11.2 Å². The minimum Gasteiger partial charge on any atom is -0.465 e. The Bertz CT molecular complexity index is 452. The number of rotatable bonds is 7. The highest BCUT2D eigenvalue weighted by atomic mass is 19.1. The summed E-state index contributed by atoms with van der Waals surface area (Å²) in [5.74, 6) is -1.23. The number of aliphatic hydroxyl groups is 1. The Morgan fingerprint density at radius 1 is 1.50 bits per heavy atom. The number of ether oxygens (including phenoxy) is 1. The number of carbonyl (C=O) groups is 1. The van der Waals surface area contributed by atoms with E-state index >= 15 is 0 Å². The fourth-order valence-electron chi connectivity index (χ4n) is 2.36. The van der Waals surface area contributed by atoms with Gasteiger partial charge in [0.05, 0.1) is 6.61 Å². The molecular weight excluding hydrogens is 261 g/mol. The van der Waals surface area contributed by atoms with Crippen LogP contribution in [0.15, 0.2) is 24.3 Å². The first-order chi connectivity index (χ1) is 9.51. The molecule has 0 saturated heterocycles. The van der Waals surface area contributed by atoms with E-state index in [-0.39, 0.29) is 37.7 Å². The lowest BCUT2D eigenvalue weighted by Crippen LogP contribution is -2.46. The molecule has 1 aromatic carbocycles. The summed E-state index contributed by atoms with van der Waals surface area (Å²) in [5.41, 5.74) is 4.76. The van der Waals surface area contributed by atoms with Gasteiger partial charge in [-0.3, -0.25) is 4.79 Å². The zero-order valence-corrected chi connectivity index (χ0v) is 11.9. The van der Waals surface area contributed by atoms with Crippen molar-refractivity contribution < 1.29 is 19.0 Å². The van der Waals surface area contributed by atoms with Crippen molar-refractivity contribution in [1.82, 2.24) is 0 Å². The molecule has 3 N–H and O–H groups in total. The van der Waals surface area contributed by atoms with Crippen LogP contribution in [-0.4, -0.2) is 30.8 Å². The van der Waals surface area contributed by atoms with Crippen LogP contribution >= 0.6 is 0 Å². The Morgan fingerprint density at radius 3 is 2.65 bits per heavy atom. The Hall–Kier alpha value is -1.46. The van der Waals surface area contributed by atoms with Crippen molar-refractivity contribution in [2.24, 2.45) is 11.7 Å². The highest BCUT2D eigenvalue weighted by Crippen LogP contribution is 2.33. The molecule has 0 aliphatic rings. The SMILES string of the molecule is CCOC(=O)C(CN)(CC(C)CO)c1ccccc1F. The molecule has 0 saturated carbocycles. The molecule has 1 rings (SSSR count). The van der Waals surface area contributed by atoms with Crippen molar-refractivity contribution in [1.29, 1.82) is 0 Å². The Kier molecular flexibility index (Phi) is 6.10. The van der Waals surface area contributed by atoms with Gasteiger partial charge in [-0.15, -0.1) is 0 Å². The first-order valence-corrected chi connectivity index (χ1v) is 6.75. The van der Waals surface area contributed by atoms with Crippen LogP contribution in [0.4, 0.5) is 4.39 Å². The zero-order valence-electron chi connectivity index (χ0n) is 11.9. The highest BCUT2D eigenvalue weighted by molar-refractivity contribution is 5.83. The number of carbonyl (C=O) groups excluding carboxylic acids is 1. The lowest BCUT2D eigenvalue weighted by atomic mass is 9.74. The van der Waals surface area contributed by atoms with Crippen molar-refractivity contribution in [2.45, 2.75) is 25.7 Å². The molecule has 1 aromatic rings. The topological polar surface area (TPSA) is 72.5 Å². The van der Waals surface area contributed by atoms with Crippen molar-refractivity contribution in [3.8, 4) is 0 Å². The van der Waals surface area contributed by atoms with E-state index in [1.165, 1.54) is 6.07 Å². The zero-order chi connectivity index (χ0) is 15.2. The molecule has 0 aromatic heterocycles. The molecule has 0 bridgehead atoms. The Labute approximate surface area is 118 Å². The van der Waals surface area contributed by atoms with E-state index in [2.05, 4.69) is 0 Å². The quantitative estimate of drug-likeness (QED) is 0.746. The van der Waals surface area contributed by atoms with E-state index in [4.69, 9.17) is 10.5 Å². The van der Waals surface area contributed by atoms with Crippen LogP contribution in [0.1, 0.15) is 25.8 Å². The summed E-state index contributed by atoms with van der Waals surface area (Å²) in [6.07, 6.45) is 0.236. The molecule has 2 unspecified atom stereocenters. The van der Waals surface area contributed by atoms with Crippen LogP contribution < -0.4 is 5.73 Å². The summed E-state index contributed by atoms with van der Waals surface area (Å²) in [7, 11) is 0. The van der Waals surface area contributed by atoms with Crippen molar-refractivity contribution in [3.05, 3.63) is 35.6 Å². The average molecular weight is 283 g/mol. The minimum atomic E-state index is -1.26. The molecule has 2 atom stereocenters. The predicted molar refractivity (Wildman–Crippen MR) is 74.6 cm³/mol. The number of benzene rings is 1. The summed E-state index contributed by atoms with van der Waals surface area (Å²) >= 11 is 0. The highest BCUT2D eigenvalue weighted by Gasteiger charge is 2.43. The van der Waals surface area contributed by atoms with Crippen LogP contribution in [0.2, 0.25) is 0 Å². The third-order valence-corrected chi connectivity index (χ3v) is 3.41. The monoisotopic (exact) mass is 283 g/mol. The Balaban J connectivity index is 3.30. The van der Waals surface area contributed by atoms with E-state index < -0.39 is 17.2 Å². The molecule has 0 heterocycles. The van der Waals surface area contributed by atoms with E-state index in [0.717, 1.165) is 0 Å². The summed E-state index contributed by atoms with van der Waals surface area (Å²) in [5, 5.41) is 9.23. The molecule has 0 fully saturated rings. The number of halogens is 1. The largest absolute Gasteiger partial charge is 0.465 e. The molecule has 4 nitrogen and oxygen atoms in total. The van der Waals surface area contributed by atoms with Crippen LogP contribution in [-0.2, 0) is 14.9 Å². The molecule has 20 heavy (non-hydrogen) atoms. The van der Waals surface area contributed by atoms with E-state index in [0.29, 0.717) is 0 Å². The van der Waals surface area contributed by atoms with Crippen LogP contribution in [0.3, 0.4) is 0 Å². The standard InChI is InChI=1S/C15H22FNO3/c1-3-20-14(19)15(10-17,8-11(2)9-18)12-6-4-5-7-13(12)16/h4-7,11,18H,3,8-10,17H2,1-2H3. The second-order valence-electron chi connectivity index (χ2n) is 4.98. The van der Waals surface area contributed by atoms with Crippen LogP contribution in [0.25, 0.3) is 0 Å². The first-order valence-electron chi connectivity index (χ1n) is 6.75. The van der Waals surface area contributed by atoms with Crippen LogP contribution in [0.5, 0.6) is 0 Å².